The zero-order valence-corrected chi connectivity index (χ0v) is 17.4. The highest BCUT2D eigenvalue weighted by atomic mass is 127. The Morgan fingerprint density at radius 3 is 2.73 bits per heavy atom. The van der Waals surface area contributed by atoms with Gasteiger partial charge in [-0.25, -0.2) is 0 Å². The molecule has 1 aromatic heterocycles. The number of halogens is 1. The summed E-state index contributed by atoms with van der Waals surface area (Å²) in [4.78, 5) is 12.4. The molecule has 26 heavy (non-hydrogen) atoms. The number of para-hydroxylation sites is 1. The van der Waals surface area contributed by atoms with E-state index in [1.54, 1.807) is 4.68 Å². The number of carbonyl (C=O) groups excluding carboxylic acids is 1. The molecule has 3 rings (SSSR count). The van der Waals surface area contributed by atoms with Gasteiger partial charge in [-0.05, 0) is 74.8 Å². The smallest absolute Gasteiger partial charge is 0.234 e. The number of nitrogens with zero attached hydrogens (tertiary/aromatic N) is 4. The van der Waals surface area contributed by atoms with E-state index in [0.29, 0.717) is 11.1 Å². The van der Waals surface area contributed by atoms with E-state index >= 15 is 0 Å². The molecule has 3 aromatic rings. The standard InChI is InChI=1S/C18H18IN5OS/c1-12(2)15-10-13(19)8-9-16(15)20-17(25)11-26-18-21-22-23-24(18)14-6-4-3-5-7-14/h3-10,12H,11H2,1-2H3,(H,20,25). The molecule has 0 aliphatic heterocycles. The first kappa shape index (κ1) is 18.8. The molecule has 0 radical (unpaired) electrons. The molecule has 0 unspecified atom stereocenters. The zero-order valence-electron chi connectivity index (χ0n) is 14.4. The van der Waals surface area contributed by atoms with Gasteiger partial charge in [-0.2, -0.15) is 4.68 Å². The second-order valence-electron chi connectivity index (χ2n) is 5.93. The Balaban J connectivity index is 1.67. The van der Waals surface area contributed by atoms with E-state index in [0.717, 1.165) is 20.5 Å². The third kappa shape index (κ3) is 4.61. The van der Waals surface area contributed by atoms with Crippen molar-refractivity contribution in [3.8, 4) is 5.69 Å². The highest BCUT2D eigenvalue weighted by Crippen LogP contribution is 2.26. The molecule has 0 spiro atoms. The van der Waals surface area contributed by atoms with Crippen molar-refractivity contribution in [2.24, 2.45) is 0 Å². The fourth-order valence-electron chi connectivity index (χ4n) is 2.44. The molecular weight excluding hydrogens is 461 g/mol. The van der Waals surface area contributed by atoms with Gasteiger partial charge in [-0.15, -0.1) is 5.10 Å². The predicted molar refractivity (Wildman–Crippen MR) is 112 cm³/mol. The van der Waals surface area contributed by atoms with Crippen LogP contribution in [0.1, 0.15) is 25.3 Å². The van der Waals surface area contributed by atoms with Crippen molar-refractivity contribution in [3.63, 3.8) is 0 Å². The molecule has 1 N–H and O–H groups in total. The Hall–Kier alpha value is -1.94. The van der Waals surface area contributed by atoms with E-state index in [-0.39, 0.29) is 11.7 Å². The topological polar surface area (TPSA) is 72.7 Å². The molecule has 0 saturated heterocycles. The molecule has 1 heterocycles. The summed E-state index contributed by atoms with van der Waals surface area (Å²) in [5.74, 6) is 0.482. The average molecular weight is 479 g/mol. The number of tetrazole rings is 1. The van der Waals surface area contributed by atoms with Gasteiger partial charge in [0.2, 0.25) is 11.1 Å². The number of hydrogen-bond donors (Lipinski definition) is 1. The van der Waals surface area contributed by atoms with Crippen LogP contribution in [0.3, 0.4) is 0 Å². The van der Waals surface area contributed by atoms with Gasteiger partial charge in [0.15, 0.2) is 0 Å². The van der Waals surface area contributed by atoms with Crippen molar-refractivity contribution in [2.45, 2.75) is 24.9 Å². The lowest BCUT2D eigenvalue weighted by Crippen LogP contribution is -2.16. The highest BCUT2D eigenvalue weighted by Gasteiger charge is 2.14. The lowest BCUT2D eigenvalue weighted by atomic mass is 10.0. The lowest BCUT2D eigenvalue weighted by molar-refractivity contribution is -0.113. The number of aromatic nitrogens is 4. The van der Waals surface area contributed by atoms with Crippen LogP contribution in [-0.4, -0.2) is 31.9 Å². The maximum absolute atomic E-state index is 12.4. The summed E-state index contributed by atoms with van der Waals surface area (Å²) in [5.41, 5.74) is 2.85. The summed E-state index contributed by atoms with van der Waals surface area (Å²) < 4.78 is 2.78. The number of thioether (sulfide) groups is 1. The Kier molecular flexibility index (Phi) is 6.25. The van der Waals surface area contributed by atoms with E-state index in [1.807, 2.05) is 42.5 Å². The van der Waals surface area contributed by atoms with Gasteiger partial charge in [0, 0.05) is 9.26 Å². The van der Waals surface area contributed by atoms with Gasteiger partial charge in [0.05, 0.1) is 11.4 Å². The quantitative estimate of drug-likeness (QED) is 0.426. The van der Waals surface area contributed by atoms with Gasteiger partial charge in [0.1, 0.15) is 0 Å². The number of hydrogen-bond acceptors (Lipinski definition) is 5. The van der Waals surface area contributed by atoms with Crippen molar-refractivity contribution in [1.29, 1.82) is 0 Å². The number of rotatable bonds is 6. The summed E-state index contributed by atoms with van der Waals surface area (Å²) >= 11 is 3.59. The molecule has 6 nitrogen and oxygen atoms in total. The highest BCUT2D eigenvalue weighted by molar-refractivity contribution is 14.1. The van der Waals surface area contributed by atoms with Gasteiger partial charge >= 0.3 is 0 Å². The molecule has 0 saturated carbocycles. The maximum Gasteiger partial charge on any atom is 0.234 e. The number of anilines is 1. The molecular formula is C18H18IN5OS. The number of nitrogens with one attached hydrogen (secondary N) is 1. The van der Waals surface area contributed by atoms with E-state index in [1.165, 1.54) is 11.8 Å². The van der Waals surface area contributed by atoms with Crippen molar-refractivity contribution in [3.05, 3.63) is 57.7 Å². The zero-order chi connectivity index (χ0) is 18.5. The van der Waals surface area contributed by atoms with Crippen LogP contribution in [0, 0.1) is 3.57 Å². The minimum absolute atomic E-state index is 0.0827. The van der Waals surface area contributed by atoms with Crippen LogP contribution in [0.25, 0.3) is 5.69 Å². The van der Waals surface area contributed by atoms with Gasteiger partial charge < -0.3 is 5.32 Å². The molecule has 8 heteroatoms. The van der Waals surface area contributed by atoms with E-state index in [9.17, 15) is 4.79 Å². The molecule has 0 aliphatic rings. The monoisotopic (exact) mass is 479 g/mol. The van der Waals surface area contributed by atoms with E-state index in [4.69, 9.17) is 0 Å². The summed E-state index contributed by atoms with van der Waals surface area (Å²) in [7, 11) is 0. The molecule has 0 atom stereocenters. The predicted octanol–water partition coefficient (Wildman–Crippen LogP) is 4.12. The minimum Gasteiger partial charge on any atom is -0.325 e. The minimum atomic E-state index is -0.0827. The maximum atomic E-state index is 12.4. The van der Waals surface area contributed by atoms with E-state index in [2.05, 4.69) is 63.3 Å². The van der Waals surface area contributed by atoms with Crippen LogP contribution >= 0.6 is 34.4 Å². The summed E-state index contributed by atoms with van der Waals surface area (Å²) in [5, 5.41) is 15.3. The number of amides is 1. The average Bonchev–Trinajstić information content (AvgIpc) is 3.10. The van der Waals surface area contributed by atoms with Crippen molar-refractivity contribution >= 4 is 45.9 Å². The normalized spacial score (nSPS) is 10.9. The van der Waals surface area contributed by atoms with Gasteiger partial charge in [0.25, 0.3) is 0 Å². The Morgan fingerprint density at radius 2 is 2.00 bits per heavy atom. The first-order valence-electron chi connectivity index (χ1n) is 8.10. The van der Waals surface area contributed by atoms with Crippen molar-refractivity contribution in [1.82, 2.24) is 20.2 Å². The third-order valence-corrected chi connectivity index (χ3v) is 5.27. The summed E-state index contributed by atoms with van der Waals surface area (Å²) in [6.45, 7) is 4.23. The largest absolute Gasteiger partial charge is 0.325 e. The van der Waals surface area contributed by atoms with Crippen LogP contribution in [0.2, 0.25) is 0 Å². The van der Waals surface area contributed by atoms with Crippen LogP contribution in [0.15, 0.2) is 53.7 Å². The first-order chi connectivity index (χ1) is 12.5. The van der Waals surface area contributed by atoms with Crippen LogP contribution in [0.4, 0.5) is 5.69 Å². The molecule has 0 aliphatic carbocycles. The Bertz CT molecular complexity index is 898. The molecule has 0 fully saturated rings. The molecule has 0 bridgehead atoms. The second kappa shape index (κ2) is 8.63. The van der Waals surface area contributed by atoms with Gasteiger partial charge in [-0.3, -0.25) is 4.79 Å². The van der Waals surface area contributed by atoms with Gasteiger partial charge in [-0.1, -0.05) is 43.8 Å². The van der Waals surface area contributed by atoms with Crippen molar-refractivity contribution < 1.29 is 4.79 Å². The summed E-state index contributed by atoms with van der Waals surface area (Å²) in [6, 6.07) is 15.6. The fraction of sp³-hybridized carbons (Fsp3) is 0.222. The third-order valence-electron chi connectivity index (χ3n) is 3.68. The summed E-state index contributed by atoms with van der Waals surface area (Å²) in [6.07, 6.45) is 0. The second-order valence-corrected chi connectivity index (χ2v) is 8.12. The molecule has 2 aromatic carbocycles. The number of benzene rings is 2. The van der Waals surface area contributed by atoms with Crippen LogP contribution in [0.5, 0.6) is 0 Å². The lowest BCUT2D eigenvalue weighted by Gasteiger charge is -2.14. The van der Waals surface area contributed by atoms with Crippen molar-refractivity contribution in [2.75, 3.05) is 11.1 Å². The molecule has 134 valence electrons. The van der Waals surface area contributed by atoms with Crippen LogP contribution < -0.4 is 5.32 Å². The Labute approximate surface area is 169 Å². The fourth-order valence-corrected chi connectivity index (χ4v) is 3.65. The Morgan fingerprint density at radius 1 is 1.23 bits per heavy atom. The molecule has 1 amide bonds. The first-order valence-corrected chi connectivity index (χ1v) is 10.2. The van der Waals surface area contributed by atoms with Crippen LogP contribution in [-0.2, 0) is 4.79 Å². The van der Waals surface area contributed by atoms with E-state index < -0.39 is 0 Å². The SMILES string of the molecule is CC(C)c1cc(I)ccc1NC(=O)CSc1nnnn1-c1ccccc1. The number of carbonyl (C=O) groups is 1.